The molecule has 1 fully saturated rings. The van der Waals surface area contributed by atoms with E-state index in [0.29, 0.717) is 0 Å². The minimum atomic E-state index is -0.811. The molecule has 0 bridgehead atoms. The van der Waals surface area contributed by atoms with Crippen molar-refractivity contribution in [3.8, 4) is 0 Å². The summed E-state index contributed by atoms with van der Waals surface area (Å²) in [6.45, 7) is 2.27. The van der Waals surface area contributed by atoms with Gasteiger partial charge in [0.25, 0.3) is 0 Å². The zero-order valence-electron chi connectivity index (χ0n) is 16.9. The minimum absolute atomic E-state index is 0.546. The molecular weight excluding hydrogens is 310 g/mol. The molecule has 0 aromatic rings. The van der Waals surface area contributed by atoms with Crippen LogP contribution in [0.25, 0.3) is 0 Å². The summed E-state index contributed by atoms with van der Waals surface area (Å²) in [6, 6.07) is 0. The number of nitrogens with one attached hydrogen (secondary N) is 1. The van der Waals surface area contributed by atoms with E-state index in [4.69, 9.17) is 0 Å². The van der Waals surface area contributed by atoms with E-state index in [2.05, 4.69) is 12.2 Å². The van der Waals surface area contributed by atoms with Gasteiger partial charge < -0.3 is 10.2 Å². The Hall–Kier alpha value is -0.120. The molecule has 1 aliphatic rings. The third-order valence-corrected chi connectivity index (χ3v) is 5.70. The van der Waals surface area contributed by atoms with E-state index in [0.717, 1.165) is 38.5 Å². The first-order chi connectivity index (χ1) is 12.2. The van der Waals surface area contributed by atoms with Gasteiger partial charge in [-0.05, 0) is 38.5 Å². The number of aliphatic hydroxyl groups is 2. The van der Waals surface area contributed by atoms with Gasteiger partial charge in [-0.1, -0.05) is 90.4 Å². The lowest BCUT2D eigenvalue weighted by Gasteiger charge is -2.35. The lowest BCUT2D eigenvalue weighted by molar-refractivity contribution is -0.0724. The van der Waals surface area contributed by atoms with Crippen LogP contribution in [0, 0.1) is 0 Å². The molecule has 3 N–H and O–H groups in total. The van der Waals surface area contributed by atoms with Crippen LogP contribution < -0.4 is 5.32 Å². The van der Waals surface area contributed by atoms with Crippen LogP contribution in [0.1, 0.15) is 129 Å². The minimum Gasteiger partial charge on any atom is -0.379 e. The van der Waals surface area contributed by atoms with Crippen LogP contribution in [0.4, 0.5) is 0 Å². The Labute approximate surface area is 157 Å². The van der Waals surface area contributed by atoms with Crippen molar-refractivity contribution >= 4 is 0 Å². The second kappa shape index (κ2) is 15.0. The summed E-state index contributed by atoms with van der Waals surface area (Å²) < 4.78 is 0. The zero-order chi connectivity index (χ0) is 18.2. The predicted octanol–water partition coefficient (Wildman–Crippen LogP) is 6.03. The average Bonchev–Trinajstić information content (AvgIpc) is 2.59. The SMILES string of the molecule is CCCCCCCCCCCCCCCC(O)NC1(O)CCCCC1. The Morgan fingerprint density at radius 2 is 1.16 bits per heavy atom. The smallest absolute Gasteiger partial charge is 0.117 e. The normalized spacial score (nSPS) is 18.4. The number of hydrogen-bond donors (Lipinski definition) is 3. The van der Waals surface area contributed by atoms with Crippen LogP contribution in [0.2, 0.25) is 0 Å². The second-order valence-corrected chi connectivity index (χ2v) is 8.28. The molecule has 25 heavy (non-hydrogen) atoms. The van der Waals surface area contributed by atoms with Crippen molar-refractivity contribution < 1.29 is 10.2 Å². The van der Waals surface area contributed by atoms with E-state index in [1.165, 1.54) is 83.5 Å². The van der Waals surface area contributed by atoms with Crippen molar-refractivity contribution in [2.45, 2.75) is 141 Å². The van der Waals surface area contributed by atoms with Crippen molar-refractivity contribution in [3.05, 3.63) is 0 Å². The fourth-order valence-electron chi connectivity index (χ4n) is 4.02. The van der Waals surface area contributed by atoms with Crippen LogP contribution in [0.5, 0.6) is 0 Å². The summed E-state index contributed by atoms with van der Waals surface area (Å²) in [5, 5.41) is 23.5. The van der Waals surface area contributed by atoms with E-state index in [9.17, 15) is 10.2 Å². The average molecular weight is 356 g/mol. The summed E-state index contributed by atoms with van der Waals surface area (Å²) in [5.41, 5.74) is -0.811. The topological polar surface area (TPSA) is 52.5 Å². The van der Waals surface area contributed by atoms with Gasteiger partial charge in [-0.2, -0.15) is 0 Å². The molecule has 0 radical (unpaired) electrons. The Morgan fingerprint density at radius 3 is 1.64 bits per heavy atom. The molecular formula is C22H45NO2. The van der Waals surface area contributed by atoms with E-state index in [-0.39, 0.29) is 0 Å². The molecule has 150 valence electrons. The largest absolute Gasteiger partial charge is 0.379 e. The fraction of sp³-hybridized carbons (Fsp3) is 1.00. The first-order valence-corrected chi connectivity index (χ1v) is 11.3. The van der Waals surface area contributed by atoms with Gasteiger partial charge in [0.2, 0.25) is 0 Å². The number of hydrogen-bond acceptors (Lipinski definition) is 3. The van der Waals surface area contributed by atoms with Gasteiger partial charge in [-0.25, -0.2) is 0 Å². The Morgan fingerprint density at radius 1 is 0.720 bits per heavy atom. The van der Waals surface area contributed by atoms with Crippen molar-refractivity contribution in [1.82, 2.24) is 5.32 Å². The number of aliphatic hydroxyl groups excluding tert-OH is 1. The molecule has 0 amide bonds. The van der Waals surface area contributed by atoms with Crippen molar-refractivity contribution in [2.24, 2.45) is 0 Å². The van der Waals surface area contributed by atoms with E-state index < -0.39 is 12.0 Å². The first-order valence-electron chi connectivity index (χ1n) is 11.3. The molecule has 1 unspecified atom stereocenters. The van der Waals surface area contributed by atoms with Gasteiger partial charge in [0.1, 0.15) is 12.0 Å². The quantitative estimate of drug-likeness (QED) is 0.234. The highest BCUT2D eigenvalue weighted by Gasteiger charge is 2.30. The van der Waals surface area contributed by atoms with Crippen LogP contribution in [-0.2, 0) is 0 Å². The lowest BCUT2D eigenvalue weighted by atomic mass is 9.91. The molecule has 0 saturated heterocycles. The number of rotatable bonds is 16. The van der Waals surface area contributed by atoms with Gasteiger partial charge >= 0.3 is 0 Å². The highest BCUT2D eigenvalue weighted by molar-refractivity contribution is 4.80. The van der Waals surface area contributed by atoms with Crippen molar-refractivity contribution in [1.29, 1.82) is 0 Å². The first kappa shape index (κ1) is 22.9. The van der Waals surface area contributed by atoms with Crippen molar-refractivity contribution in [2.75, 3.05) is 0 Å². The predicted molar refractivity (Wildman–Crippen MR) is 107 cm³/mol. The van der Waals surface area contributed by atoms with Gasteiger partial charge in [-0.15, -0.1) is 0 Å². The maximum Gasteiger partial charge on any atom is 0.117 e. The molecule has 1 aliphatic carbocycles. The maximum atomic E-state index is 10.4. The summed E-state index contributed by atoms with van der Waals surface area (Å²) in [6.07, 6.45) is 22.6. The van der Waals surface area contributed by atoms with Crippen LogP contribution >= 0.6 is 0 Å². The highest BCUT2D eigenvalue weighted by Crippen LogP contribution is 2.26. The standard InChI is InChI=1S/C22H45NO2/c1-2-3-4-5-6-7-8-9-10-11-12-13-15-18-21(24)23-22(25)19-16-14-17-20-22/h21,23-25H,2-20H2,1H3. The van der Waals surface area contributed by atoms with Crippen LogP contribution in [0.3, 0.4) is 0 Å². The van der Waals surface area contributed by atoms with Crippen LogP contribution in [0.15, 0.2) is 0 Å². The summed E-state index contributed by atoms with van der Waals surface area (Å²) >= 11 is 0. The molecule has 1 saturated carbocycles. The lowest BCUT2D eigenvalue weighted by Crippen LogP contribution is -2.51. The fourth-order valence-corrected chi connectivity index (χ4v) is 4.02. The molecule has 0 heterocycles. The molecule has 0 spiro atoms. The Balaban J connectivity index is 1.82. The van der Waals surface area contributed by atoms with E-state index in [1.807, 2.05) is 0 Å². The third kappa shape index (κ3) is 12.8. The number of unbranched alkanes of at least 4 members (excludes halogenated alkanes) is 12. The maximum absolute atomic E-state index is 10.4. The third-order valence-electron chi connectivity index (χ3n) is 5.70. The molecule has 3 heteroatoms. The molecule has 3 nitrogen and oxygen atoms in total. The zero-order valence-corrected chi connectivity index (χ0v) is 16.9. The molecule has 0 aromatic heterocycles. The molecule has 0 aliphatic heterocycles. The van der Waals surface area contributed by atoms with Gasteiger partial charge in [-0.3, -0.25) is 5.32 Å². The van der Waals surface area contributed by atoms with Crippen molar-refractivity contribution in [3.63, 3.8) is 0 Å². The van der Waals surface area contributed by atoms with Crippen LogP contribution in [-0.4, -0.2) is 22.2 Å². The summed E-state index contributed by atoms with van der Waals surface area (Å²) in [4.78, 5) is 0. The van der Waals surface area contributed by atoms with Gasteiger partial charge in [0.15, 0.2) is 0 Å². The second-order valence-electron chi connectivity index (χ2n) is 8.28. The summed E-state index contributed by atoms with van der Waals surface area (Å²) in [5.74, 6) is 0. The van der Waals surface area contributed by atoms with E-state index >= 15 is 0 Å². The highest BCUT2D eigenvalue weighted by atomic mass is 16.3. The summed E-state index contributed by atoms with van der Waals surface area (Å²) in [7, 11) is 0. The molecule has 0 aromatic carbocycles. The monoisotopic (exact) mass is 355 g/mol. The Kier molecular flexibility index (Phi) is 13.7. The van der Waals surface area contributed by atoms with Gasteiger partial charge in [0, 0.05) is 0 Å². The molecule has 1 atom stereocenters. The Bertz CT molecular complexity index is 290. The van der Waals surface area contributed by atoms with Gasteiger partial charge in [0.05, 0.1) is 0 Å². The van der Waals surface area contributed by atoms with E-state index in [1.54, 1.807) is 0 Å². The molecule has 1 rings (SSSR count).